The maximum absolute atomic E-state index is 12.3. The minimum Gasteiger partial charge on any atom is -0.466 e. The lowest BCUT2D eigenvalue weighted by Gasteiger charge is -2.23. The van der Waals surface area contributed by atoms with Gasteiger partial charge in [-0.05, 0) is 38.0 Å². The highest BCUT2D eigenvalue weighted by Gasteiger charge is 2.26. The molecule has 0 aromatic rings. The largest absolute Gasteiger partial charge is 0.466 e. The smallest absolute Gasteiger partial charge is 0.309 e. The minimum absolute atomic E-state index is 0.0262. The topological polar surface area (TPSA) is 52.6 Å². The van der Waals surface area contributed by atoms with E-state index in [1.807, 2.05) is 13.8 Å². The molecule has 0 amide bonds. The molecule has 0 saturated heterocycles. The molecular weight excluding hydrogens is 412 g/mol. The van der Waals surface area contributed by atoms with E-state index in [0.29, 0.717) is 25.6 Å². The Hall–Kier alpha value is -1.06. The number of hydrogen-bond acceptors (Lipinski definition) is 4. The molecule has 0 saturated carbocycles. The molecule has 0 rings (SSSR count). The molecule has 0 fully saturated rings. The van der Waals surface area contributed by atoms with Crippen molar-refractivity contribution in [3.8, 4) is 0 Å². The van der Waals surface area contributed by atoms with Gasteiger partial charge < -0.3 is 9.47 Å². The second kappa shape index (κ2) is 24.1. The van der Waals surface area contributed by atoms with Gasteiger partial charge in [-0.1, -0.05) is 111 Å². The van der Waals surface area contributed by atoms with E-state index in [1.165, 1.54) is 70.6 Å². The molecule has 196 valence electrons. The van der Waals surface area contributed by atoms with Crippen LogP contribution in [-0.4, -0.2) is 25.2 Å². The summed E-state index contributed by atoms with van der Waals surface area (Å²) in [5.74, 6) is 0.565. The summed E-state index contributed by atoms with van der Waals surface area (Å²) in [6, 6.07) is 0. The number of rotatable bonds is 24. The van der Waals surface area contributed by atoms with Gasteiger partial charge in [0, 0.05) is 6.42 Å². The van der Waals surface area contributed by atoms with E-state index in [1.54, 1.807) is 0 Å². The number of carbonyl (C=O) groups excluding carboxylic acids is 2. The fraction of sp³-hybridized carbons (Fsp3) is 0.931. The Morgan fingerprint density at radius 2 is 1.03 bits per heavy atom. The molecule has 33 heavy (non-hydrogen) atoms. The standard InChI is InChI=1S/C29H56O4/c1-5-24-32-28(30)23-21-19-17-15-13-11-9-10-12-14-16-18-20-22-26(7-3)27(8-4)29(31)33-25-6-2/h26-27H,5-25H2,1-4H3. The molecule has 0 bridgehead atoms. The van der Waals surface area contributed by atoms with Crippen molar-refractivity contribution in [2.45, 2.75) is 150 Å². The third kappa shape index (κ3) is 19.0. The first-order valence-electron chi connectivity index (χ1n) is 14.4. The zero-order chi connectivity index (χ0) is 24.6. The predicted molar refractivity (Wildman–Crippen MR) is 139 cm³/mol. The van der Waals surface area contributed by atoms with Gasteiger partial charge in [-0.3, -0.25) is 9.59 Å². The van der Waals surface area contributed by atoms with Crippen LogP contribution in [0.2, 0.25) is 0 Å². The van der Waals surface area contributed by atoms with E-state index in [4.69, 9.17) is 9.47 Å². The number of carbonyl (C=O) groups is 2. The molecular formula is C29H56O4. The van der Waals surface area contributed by atoms with Crippen molar-refractivity contribution in [2.24, 2.45) is 11.8 Å². The Morgan fingerprint density at radius 1 is 0.576 bits per heavy atom. The summed E-state index contributed by atoms with van der Waals surface area (Å²) in [4.78, 5) is 23.7. The fourth-order valence-corrected chi connectivity index (χ4v) is 4.60. The molecule has 4 nitrogen and oxygen atoms in total. The van der Waals surface area contributed by atoms with Gasteiger partial charge in [0.15, 0.2) is 0 Å². The summed E-state index contributed by atoms with van der Waals surface area (Å²) in [6.45, 7) is 9.52. The van der Waals surface area contributed by atoms with E-state index in [9.17, 15) is 9.59 Å². The van der Waals surface area contributed by atoms with Crippen molar-refractivity contribution in [1.29, 1.82) is 0 Å². The van der Waals surface area contributed by atoms with Crippen LogP contribution < -0.4 is 0 Å². The van der Waals surface area contributed by atoms with E-state index in [0.717, 1.165) is 44.9 Å². The van der Waals surface area contributed by atoms with Crippen LogP contribution in [0.5, 0.6) is 0 Å². The Balaban J connectivity index is 3.52. The van der Waals surface area contributed by atoms with Crippen molar-refractivity contribution in [1.82, 2.24) is 0 Å². The Morgan fingerprint density at radius 3 is 1.48 bits per heavy atom. The molecule has 0 aliphatic rings. The summed E-state index contributed by atoms with van der Waals surface area (Å²) < 4.78 is 10.5. The van der Waals surface area contributed by atoms with Crippen molar-refractivity contribution in [3.05, 3.63) is 0 Å². The number of ether oxygens (including phenoxy) is 2. The van der Waals surface area contributed by atoms with E-state index in [2.05, 4.69) is 13.8 Å². The fourth-order valence-electron chi connectivity index (χ4n) is 4.60. The summed E-state index contributed by atoms with van der Waals surface area (Å²) in [7, 11) is 0. The normalized spacial score (nSPS) is 13.0. The molecule has 0 heterocycles. The van der Waals surface area contributed by atoms with Crippen LogP contribution >= 0.6 is 0 Å². The molecule has 0 radical (unpaired) electrons. The average molecular weight is 469 g/mol. The number of esters is 2. The maximum Gasteiger partial charge on any atom is 0.309 e. The van der Waals surface area contributed by atoms with Crippen LogP contribution in [0.25, 0.3) is 0 Å². The van der Waals surface area contributed by atoms with Crippen LogP contribution in [0.1, 0.15) is 150 Å². The number of hydrogen-bond donors (Lipinski definition) is 0. The van der Waals surface area contributed by atoms with Crippen molar-refractivity contribution < 1.29 is 19.1 Å². The molecule has 0 N–H and O–H groups in total. The highest BCUT2D eigenvalue weighted by atomic mass is 16.5. The summed E-state index contributed by atoms with van der Waals surface area (Å²) >= 11 is 0. The Labute approximate surface area is 206 Å². The second-order valence-electron chi connectivity index (χ2n) is 9.71. The van der Waals surface area contributed by atoms with Gasteiger partial charge in [0.1, 0.15) is 0 Å². The Bertz CT molecular complexity index is 449. The van der Waals surface area contributed by atoms with Crippen LogP contribution in [0.15, 0.2) is 0 Å². The van der Waals surface area contributed by atoms with Crippen LogP contribution in [0.4, 0.5) is 0 Å². The lowest BCUT2D eigenvalue weighted by molar-refractivity contribution is -0.151. The van der Waals surface area contributed by atoms with Crippen molar-refractivity contribution in [3.63, 3.8) is 0 Å². The highest BCUT2D eigenvalue weighted by Crippen LogP contribution is 2.27. The van der Waals surface area contributed by atoms with E-state index < -0.39 is 0 Å². The lowest BCUT2D eigenvalue weighted by Crippen LogP contribution is -2.25. The summed E-state index contributed by atoms with van der Waals surface area (Å²) in [5.41, 5.74) is 0. The van der Waals surface area contributed by atoms with Gasteiger partial charge in [0.2, 0.25) is 0 Å². The van der Waals surface area contributed by atoms with Crippen molar-refractivity contribution in [2.75, 3.05) is 13.2 Å². The zero-order valence-corrected chi connectivity index (χ0v) is 22.6. The third-order valence-corrected chi connectivity index (χ3v) is 6.71. The van der Waals surface area contributed by atoms with Crippen LogP contribution in [0, 0.1) is 11.8 Å². The third-order valence-electron chi connectivity index (χ3n) is 6.71. The Kier molecular flexibility index (Phi) is 23.3. The van der Waals surface area contributed by atoms with Gasteiger partial charge in [0.25, 0.3) is 0 Å². The SMILES string of the molecule is CCCOC(=O)CCCCCCCCCCCCCCCC(CC)C(CC)C(=O)OCCC. The second-order valence-corrected chi connectivity index (χ2v) is 9.71. The first kappa shape index (κ1) is 31.9. The predicted octanol–water partition coefficient (Wildman–Crippen LogP) is 8.80. The maximum atomic E-state index is 12.3. The minimum atomic E-state index is -0.0284. The van der Waals surface area contributed by atoms with Crippen LogP contribution in [-0.2, 0) is 19.1 Å². The molecule has 2 unspecified atom stereocenters. The van der Waals surface area contributed by atoms with Gasteiger partial charge in [-0.15, -0.1) is 0 Å². The first-order valence-corrected chi connectivity index (χ1v) is 14.4. The van der Waals surface area contributed by atoms with E-state index in [-0.39, 0.29) is 17.9 Å². The summed E-state index contributed by atoms with van der Waals surface area (Å²) in [6.07, 6.45) is 22.2. The average Bonchev–Trinajstić information content (AvgIpc) is 2.82. The number of unbranched alkanes of at least 4 members (excludes halogenated alkanes) is 12. The van der Waals surface area contributed by atoms with Crippen LogP contribution in [0.3, 0.4) is 0 Å². The molecule has 0 aliphatic heterocycles. The lowest BCUT2D eigenvalue weighted by atomic mass is 9.84. The summed E-state index contributed by atoms with van der Waals surface area (Å²) in [5, 5.41) is 0. The zero-order valence-electron chi connectivity index (χ0n) is 22.6. The monoisotopic (exact) mass is 468 g/mol. The van der Waals surface area contributed by atoms with Gasteiger partial charge >= 0.3 is 11.9 Å². The quantitative estimate of drug-likeness (QED) is 0.105. The highest BCUT2D eigenvalue weighted by molar-refractivity contribution is 5.72. The molecule has 0 spiro atoms. The van der Waals surface area contributed by atoms with Gasteiger partial charge in [0.05, 0.1) is 19.1 Å². The van der Waals surface area contributed by atoms with Crippen molar-refractivity contribution >= 4 is 11.9 Å². The van der Waals surface area contributed by atoms with E-state index >= 15 is 0 Å². The van der Waals surface area contributed by atoms with Gasteiger partial charge in [-0.25, -0.2) is 0 Å². The first-order chi connectivity index (χ1) is 16.1. The van der Waals surface area contributed by atoms with Gasteiger partial charge in [-0.2, -0.15) is 0 Å². The molecule has 2 atom stereocenters. The molecule has 4 heteroatoms. The molecule has 0 aliphatic carbocycles. The molecule has 0 aromatic heterocycles. The molecule has 0 aromatic carbocycles.